The highest BCUT2D eigenvalue weighted by atomic mass is 16.5. The molecular weight excluding hydrogens is 166 g/mol. The van der Waals surface area contributed by atoms with Crippen molar-refractivity contribution in [2.24, 2.45) is 5.92 Å². The lowest BCUT2D eigenvalue weighted by atomic mass is 9.86. The van der Waals surface area contributed by atoms with Crippen molar-refractivity contribution in [3.05, 3.63) is 0 Å². The van der Waals surface area contributed by atoms with Gasteiger partial charge in [-0.2, -0.15) is 0 Å². The Morgan fingerprint density at radius 3 is 2.46 bits per heavy atom. The fourth-order valence-electron chi connectivity index (χ4n) is 1.99. The molecule has 0 saturated heterocycles. The van der Waals surface area contributed by atoms with E-state index >= 15 is 0 Å². The summed E-state index contributed by atoms with van der Waals surface area (Å²) in [5.74, 6) is 0.120. The van der Waals surface area contributed by atoms with Crippen LogP contribution >= 0.6 is 0 Å². The van der Waals surface area contributed by atoms with E-state index in [9.17, 15) is 4.79 Å². The second-order valence-electron chi connectivity index (χ2n) is 3.63. The fourth-order valence-corrected chi connectivity index (χ4v) is 1.99. The number of rotatable bonds is 3. The molecule has 76 valence electrons. The van der Waals surface area contributed by atoms with Crippen LogP contribution < -0.4 is 5.32 Å². The maximum atomic E-state index is 11.2. The van der Waals surface area contributed by atoms with E-state index in [1.165, 1.54) is 7.11 Å². The number of hydrogen-bond acceptors (Lipinski definition) is 3. The van der Waals surface area contributed by atoms with Crippen LogP contribution in [0.5, 0.6) is 0 Å². The first kappa shape index (κ1) is 10.5. The van der Waals surface area contributed by atoms with Crippen molar-refractivity contribution in [3.8, 4) is 0 Å². The van der Waals surface area contributed by atoms with Gasteiger partial charge >= 0.3 is 5.97 Å². The Morgan fingerprint density at radius 2 is 2.00 bits per heavy atom. The summed E-state index contributed by atoms with van der Waals surface area (Å²) in [4.78, 5) is 11.2. The number of carbonyl (C=O) groups excluding carboxylic acids is 1. The molecule has 1 rings (SSSR count). The minimum absolute atomic E-state index is 0.0325. The van der Waals surface area contributed by atoms with Gasteiger partial charge in [0.15, 0.2) is 0 Å². The van der Waals surface area contributed by atoms with E-state index in [4.69, 9.17) is 4.74 Å². The van der Waals surface area contributed by atoms with Crippen molar-refractivity contribution in [2.75, 3.05) is 13.7 Å². The SMILES string of the molecule is CCN[C@H]1CC[C@H](C(=O)OC)CC1. The van der Waals surface area contributed by atoms with Crippen molar-refractivity contribution in [1.82, 2.24) is 5.32 Å². The van der Waals surface area contributed by atoms with Gasteiger partial charge in [0.05, 0.1) is 13.0 Å². The van der Waals surface area contributed by atoms with Crippen LogP contribution in [0.2, 0.25) is 0 Å². The lowest BCUT2D eigenvalue weighted by Gasteiger charge is -2.27. The maximum absolute atomic E-state index is 11.2. The third-order valence-electron chi connectivity index (χ3n) is 2.75. The van der Waals surface area contributed by atoms with Gasteiger partial charge in [0.2, 0.25) is 0 Å². The molecule has 1 saturated carbocycles. The zero-order valence-electron chi connectivity index (χ0n) is 8.51. The lowest BCUT2D eigenvalue weighted by molar-refractivity contribution is -0.146. The largest absolute Gasteiger partial charge is 0.469 e. The Hall–Kier alpha value is -0.570. The first-order valence-corrected chi connectivity index (χ1v) is 5.09. The molecule has 0 amide bonds. The normalized spacial score (nSPS) is 28.5. The summed E-state index contributed by atoms with van der Waals surface area (Å²) in [7, 11) is 1.47. The maximum Gasteiger partial charge on any atom is 0.308 e. The number of esters is 1. The lowest BCUT2D eigenvalue weighted by Crippen LogP contribution is -2.34. The molecule has 1 N–H and O–H groups in total. The quantitative estimate of drug-likeness (QED) is 0.674. The molecular formula is C10H19NO2. The highest BCUT2D eigenvalue weighted by Crippen LogP contribution is 2.24. The van der Waals surface area contributed by atoms with Crippen molar-refractivity contribution in [2.45, 2.75) is 38.6 Å². The van der Waals surface area contributed by atoms with Gasteiger partial charge in [-0.1, -0.05) is 6.92 Å². The van der Waals surface area contributed by atoms with Crippen molar-refractivity contribution in [3.63, 3.8) is 0 Å². The summed E-state index contributed by atoms with van der Waals surface area (Å²) in [5.41, 5.74) is 0. The van der Waals surface area contributed by atoms with Gasteiger partial charge in [0.25, 0.3) is 0 Å². The van der Waals surface area contributed by atoms with Crippen LogP contribution in [0.4, 0.5) is 0 Å². The fraction of sp³-hybridized carbons (Fsp3) is 0.900. The van der Waals surface area contributed by atoms with Gasteiger partial charge in [-0.05, 0) is 32.2 Å². The molecule has 1 fully saturated rings. The molecule has 0 unspecified atom stereocenters. The van der Waals surface area contributed by atoms with E-state index in [1.807, 2.05) is 0 Å². The van der Waals surface area contributed by atoms with Gasteiger partial charge in [-0.3, -0.25) is 4.79 Å². The Labute approximate surface area is 79.8 Å². The molecule has 0 aliphatic heterocycles. The Morgan fingerprint density at radius 1 is 1.38 bits per heavy atom. The van der Waals surface area contributed by atoms with Crippen LogP contribution in [0.25, 0.3) is 0 Å². The van der Waals surface area contributed by atoms with Gasteiger partial charge < -0.3 is 10.1 Å². The van der Waals surface area contributed by atoms with Gasteiger partial charge in [-0.25, -0.2) is 0 Å². The number of ether oxygens (including phenoxy) is 1. The highest BCUT2D eigenvalue weighted by Gasteiger charge is 2.25. The highest BCUT2D eigenvalue weighted by molar-refractivity contribution is 5.72. The number of nitrogens with one attached hydrogen (secondary N) is 1. The van der Waals surface area contributed by atoms with E-state index in [2.05, 4.69) is 12.2 Å². The predicted molar refractivity (Wildman–Crippen MR) is 51.4 cm³/mol. The van der Waals surface area contributed by atoms with E-state index in [1.54, 1.807) is 0 Å². The summed E-state index contributed by atoms with van der Waals surface area (Å²) in [6.07, 6.45) is 4.16. The molecule has 0 atom stereocenters. The minimum atomic E-state index is -0.0325. The number of carbonyl (C=O) groups is 1. The second kappa shape index (κ2) is 5.22. The van der Waals surface area contributed by atoms with Crippen molar-refractivity contribution in [1.29, 1.82) is 0 Å². The van der Waals surface area contributed by atoms with Crippen molar-refractivity contribution >= 4 is 5.97 Å². The topological polar surface area (TPSA) is 38.3 Å². The molecule has 1 aliphatic rings. The van der Waals surface area contributed by atoms with Crippen molar-refractivity contribution < 1.29 is 9.53 Å². The first-order valence-electron chi connectivity index (χ1n) is 5.09. The van der Waals surface area contributed by atoms with Crippen LogP contribution in [0.1, 0.15) is 32.6 Å². The summed E-state index contributed by atoms with van der Waals surface area (Å²) >= 11 is 0. The summed E-state index contributed by atoms with van der Waals surface area (Å²) in [5, 5.41) is 3.41. The van der Waals surface area contributed by atoms with Crippen LogP contribution in [0.3, 0.4) is 0 Å². The van der Waals surface area contributed by atoms with Crippen LogP contribution in [0.15, 0.2) is 0 Å². The first-order chi connectivity index (χ1) is 6.27. The molecule has 0 radical (unpaired) electrons. The standard InChI is InChI=1S/C10H19NO2/c1-3-11-9-6-4-8(5-7-9)10(12)13-2/h8-9,11H,3-7H2,1-2H3/t8-,9-. The Kier molecular flexibility index (Phi) is 4.22. The Bertz CT molecular complexity index is 162. The molecule has 0 bridgehead atoms. The average Bonchev–Trinajstić information content (AvgIpc) is 2.18. The predicted octanol–water partition coefficient (Wildman–Crippen LogP) is 1.33. The van der Waals surface area contributed by atoms with Gasteiger partial charge in [0.1, 0.15) is 0 Å². The molecule has 13 heavy (non-hydrogen) atoms. The zero-order valence-corrected chi connectivity index (χ0v) is 8.51. The van der Waals surface area contributed by atoms with E-state index < -0.39 is 0 Å². The van der Waals surface area contributed by atoms with Crippen LogP contribution in [0, 0.1) is 5.92 Å². The molecule has 1 aliphatic carbocycles. The molecule has 3 nitrogen and oxygen atoms in total. The number of methoxy groups -OCH3 is 1. The monoisotopic (exact) mass is 185 g/mol. The molecule has 3 heteroatoms. The molecule has 0 spiro atoms. The van der Waals surface area contributed by atoms with Crippen LogP contribution in [-0.2, 0) is 9.53 Å². The van der Waals surface area contributed by atoms with E-state index in [-0.39, 0.29) is 11.9 Å². The van der Waals surface area contributed by atoms with Gasteiger partial charge in [0, 0.05) is 6.04 Å². The summed E-state index contributed by atoms with van der Waals surface area (Å²) in [6, 6.07) is 0.617. The smallest absolute Gasteiger partial charge is 0.308 e. The second-order valence-corrected chi connectivity index (χ2v) is 3.63. The number of hydrogen-bond donors (Lipinski definition) is 1. The molecule has 0 heterocycles. The third kappa shape index (κ3) is 2.99. The molecule has 0 aromatic rings. The molecule has 0 aromatic heterocycles. The average molecular weight is 185 g/mol. The van der Waals surface area contributed by atoms with Gasteiger partial charge in [-0.15, -0.1) is 0 Å². The summed E-state index contributed by atoms with van der Waals surface area (Å²) < 4.78 is 4.73. The van der Waals surface area contributed by atoms with E-state index in [0.717, 1.165) is 32.2 Å². The zero-order chi connectivity index (χ0) is 9.68. The third-order valence-corrected chi connectivity index (χ3v) is 2.75. The summed E-state index contributed by atoms with van der Waals surface area (Å²) in [6.45, 7) is 3.14. The Balaban J connectivity index is 2.26. The van der Waals surface area contributed by atoms with Crippen LogP contribution in [-0.4, -0.2) is 25.7 Å². The minimum Gasteiger partial charge on any atom is -0.469 e. The van der Waals surface area contributed by atoms with E-state index in [0.29, 0.717) is 6.04 Å². The molecule has 0 aromatic carbocycles.